The van der Waals surface area contributed by atoms with Crippen LogP contribution in [0, 0.1) is 6.92 Å². The van der Waals surface area contributed by atoms with Gasteiger partial charge in [-0.05, 0) is 42.8 Å². The summed E-state index contributed by atoms with van der Waals surface area (Å²) in [6, 6.07) is 10.2. The minimum Gasteiger partial charge on any atom is -0.495 e. The fourth-order valence-corrected chi connectivity index (χ4v) is 1.93. The van der Waals surface area contributed by atoms with Crippen molar-refractivity contribution in [1.82, 2.24) is 0 Å². The highest BCUT2D eigenvalue weighted by Gasteiger charge is 2.09. The maximum Gasteiger partial charge on any atom is 0.255 e. The Balaban J connectivity index is 2.19. The second-order valence-electron chi connectivity index (χ2n) is 4.37. The summed E-state index contributed by atoms with van der Waals surface area (Å²) in [7, 11) is 1.53. The van der Waals surface area contributed by atoms with Crippen molar-refractivity contribution in [3.63, 3.8) is 0 Å². The average Bonchev–Trinajstić information content (AvgIpc) is 2.42. The number of nitrogens with two attached hydrogens (primary N) is 1. The molecule has 104 valence electrons. The van der Waals surface area contributed by atoms with Crippen molar-refractivity contribution in [2.24, 2.45) is 0 Å². The second-order valence-corrected chi connectivity index (χ2v) is 4.78. The molecule has 0 radical (unpaired) electrons. The van der Waals surface area contributed by atoms with Crippen LogP contribution >= 0.6 is 11.6 Å². The van der Waals surface area contributed by atoms with Gasteiger partial charge in [-0.25, -0.2) is 0 Å². The fourth-order valence-electron chi connectivity index (χ4n) is 1.75. The molecule has 0 saturated heterocycles. The normalized spacial score (nSPS) is 10.2. The molecule has 0 fully saturated rings. The topological polar surface area (TPSA) is 64.3 Å². The van der Waals surface area contributed by atoms with Crippen molar-refractivity contribution in [2.75, 3.05) is 18.2 Å². The molecule has 0 spiro atoms. The Kier molecular flexibility index (Phi) is 4.15. The van der Waals surface area contributed by atoms with Gasteiger partial charge in [0, 0.05) is 16.3 Å². The number of carbonyl (C=O) groups excluding carboxylic acids is 1. The summed E-state index contributed by atoms with van der Waals surface area (Å²) in [5, 5.41) is 3.38. The zero-order chi connectivity index (χ0) is 14.7. The van der Waals surface area contributed by atoms with Gasteiger partial charge in [-0.15, -0.1) is 0 Å². The lowest BCUT2D eigenvalue weighted by atomic mass is 10.1. The molecule has 1 amide bonds. The van der Waals surface area contributed by atoms with E-state index in [-0.39, 0.29) is 5.91 Å². The van der Waals surface area contributed by atoms with E-state index in [4.69, 9.17) is 22.1 Å². The fraction of sp³-hybridized carbons (Fsp3) is 0.133. The summed E-state index contributed by atoms with van der Waals surface area (Å²) in [6.45, 7) is 1.90. The number of methoxy groups -OCH3 is 1. The first kappa shape index (κ1) is 14.2. The third kappa shape index (κ3) is 3.03. The van der Waals surface area contributed by atoms with Gasteiger partial charge in [0.25, 0.3) is 5.91 Å². The van der Waals surface area contributed by atoms with Crippen LogP contribution in [0.4, 0.5) is 11.4 Å². The Bertz CT molecular complexity index is 656. The van der Waals surface area contributed by atoms with E-state index in [1.54, 1.807) is 30.3 Å². The number of carbonyl (C=O) groups is 1. The first-order chi connectivity index (χ1) is 9.51. The van der Waals surface area contributed by atoms with E-state index in [9.17, 15) is 4.79 Å². The summed E-state index contributed by atoms with van der Waals surface area (Å²) in [4.78, 5) is 12.1. The predicted molar refractivity (Wildman–Crippen MR) is 81.5 cm³/mol. The van der Waals surface area contributed by atoms with Crippen molar-refractivity contribution in [2.45, 2.75) is 6.92 Å². The molecule has 2 aromatic rings. The molecule has 0 unspecified atom stereocenters. The van der Waals surface area contributed by atoms with Crippen LogP contribution in [0.25, 0.3) is 0 Å². The van der Waals surface area contributed by atoms with Gasteiger partial charge in [0.15, 0.2) is 0 Å². The summed E-state index contributed by atoms with van der Waals surface area (Å²) in [5.41, 5.74) is 8.25. The van der Waals surface area contributed by atoms with Crippen LogP contribution in [0.3, 0.4) is 0 Å². The van der Waals surface area contributed by atoms with Gasteiger partial charge in [0.1, 0.15) is 5.75 Å². The maximum atomic E-state index is 12.1. The van der Waals surface area contributed by atoms with Crippen molar-refractivity contribution < 1.29 is 9.53 Å². The highest BCUT2D eigenvalue weighted by molar-refractivity contribution is 6.31. The number of aryl methyl sites for hydroxylation is 1. The molecule has 4 nitrogen and oxygen atoms in total. The second kappa shape index (κ2) is 5.84. The van der Waals surface area contributed by atoms with Crippen molar-refractivity contribution in [3.8, 4) is 5.75 Å². The third-order valence-corrected chi connectivity index (χ3v) is 3.33. The Morgan fingerprint density at radius 1 is 1.25 bits per heavy atom. The highest BCUT2D eigenvalue weighted by atomic mass is 35.5. The lowest BCUT2D eigenvalue weighted by molar-refractivity contribution is 0.102. The minimum absolute atomic E-state index is 0.251. The number of nitrogens with one attached hydrogen (secondary N) is 1. The Hall–Kier alpha value is -2.20. The molecule has 0 aliphatic heterocycles. The molecule has 0 aromatic heterocycles. The van der Waals surface area contributed by atoms with E-state index in [1.165, 1.54) is 7.11 Å². The van der Waals surface area contributed by atoms with Crippen molar-refractivity contribution >= 4 is 28.9 Å². The van der Waals surface area contributed by atoms with Gasteiger partial charge in [-0.1, -0.05) is 17.7 Å². The molecule has 3 N–H and O–H groups in total. The zero-order valence-corrected chi connectivity index (χ0v) is 12.0. The summed E-state index contributed by atoms with van der Waals surface area (Å²) in [6.07, 6.45) is 0. The molecule has 2 aromatic carbocycles. The van der Waals surface area contributed by atoms with Crippen LogP contribution in [0.1, 0.15) is 15.9 Å². The molecule has 0 saturated carbocycles. The van der Waals surface area contributed by atoms with Crippen LogP contribution < -0.4 is 15.8 Å². The summed E-state index contributed by atoms with van der Waals surface area (Å²) in [5.74, 6) is 0.291. The highest BCUT2D eigenvalue weighted by Crippen LogP contribution is 2.23. The SMILES string of the molecule is COc1ccc(C(=O)Nc2ccc(C)c(Cl)c2)cc1N. The Morgan fingerprint density at radius 3 is 2.60 bits per heavy atom. The van der Waals surface area contributed by atoms with Crippen LogP contribution in [-0.4, -0.2) is 13.0 Å². The van der Waals surface area contributed by atoms with Crippen molar-refractivity contribution in [1.29, 1.82) is 0 Å². The third-order valence-electron chi connectivity index (χ3n) is 2.92. The molecule has 0 atom stereocenters. The number of amides is 1. The number of hydrogen-bond donors (Lipinski definition) is 2. The average molecular weight is 291 g/mol. The molecule has 0 aliphatic carbocycles. The number of anilines is 2. The van der Waals surface area contributed by atoms with Gasteiger partial charge in [0.2, 0.25) is 0 Å². The molecular formula is C15H15ClN2O2. The quantitative estimate of drug-likeness (QED) is 0.851. The van der Waals surface area contributed by atoms with E-state index in [2.05, 4.69) is 5.32 Å². The first-order valence-electron chi connectivity index (χ1n) is 6.02. The van der Waals surface area contributed by atoms with Crippen LogP contribution in [0.15, 0.2) is 36.4 Å². The Morgan fingerprint density at radius 2 is 2.00 bits per heavy atom. The molecular weight excluding hydrogens is 276 g/mol. The van der Waals surface area contributed by atoms with E-state index < -0.39 is 0 Å². The molecule has 20 heavy (non-hydrogen) atoms. The molecule has 5 heteroatoms. The molecule has 0 bridgehead atoms. The van der Waals surface area contributed by atoms with E-state index in [1.807, 2.05) is 13.0 Å². The van der Waals surface area contributed by atoms with Gasteiger partial charge < -0.3 is 15.8 Å². The molecule has 0 heterocycles. The van der Waals surface area contributed by atoms with Gasteiger partial charge in [-0.2, -0.15) is 0 Å². The smallest absolute Gasteiger partial charge is 0.255 e. The first-order valence-corrected chi connectivity index (χ1v) is 6.40. The number of halogens is 1. The monoisotopic (exact) mass is 290 g/mol. The standard InChI is InChI=1S/C15H15ClN2O2/c1-9-3-5-11(8-12(9)16)18-15(19)10-4-6-14(20-2)13(17)7-10/h3-8H,17H2,1-2H3,(H,18,19). The van der Waals surface area contributed by atoms with Crippen molar-refractivity contribution in [3.05, 3.63) is 52.5 Å². The maximum absolute atomic E-state index is 12.1. The minimum atomic E-state index is -0.251. The van der Waals surface area contributed by atoms with Gasteiger partial charge in [0.05, 0.1) is 12.8 Å². The predicted octanol–water partition coefficient (Wildman–Crippen LogP) is 3.49. The van der Waals surface area contributed by atoms with Crippen LogP contribution in [0.5, 0.6) is 5.75 Å². The summed E-state index contributed by atoms with van der Waals surface area (Å²) >= 11 is 6.02. The number of rotatable bonds is 3. The van der Waals surface area contributed by atoms with Gasteiger partial charge >= 0.3 is 0 Å². The van der Waals surface area contributed by atoms with E-state index >= 15 is 0 Å². The molecule has 2 rings (SSSR count). The molecule has 0 aliphatic rings. The van der Waals surface area contributed by atoms with Crippen LogP contribution in [0.2, 0.25) is 5.02 Å². The van der Waals surface area contributed by atoms with E-state index in [0.717, 1.165) is 5.56 Å². The zero-order valence-electron chi connectivity index (χ0n) is 11.2. The van der Waals surface area contributed by atoms with E-state index in [0.29, 0.717) is 27.7 Å². The Labute approximate surface area is 122 Å². The number of benzene rings is 2. The van der Waals surface area contributed by atoms with Gasteiger partial charge in [-0.3, -0.25) is 4.79 Å². The number of hydrogen-bond acceptors (Lipinski definition) is 3. The largest absolute Gasteiger partial charge is 0.495 e. The number of nitrogen functional groups attached to an aromatic ring is 1. The van der Waals surface area contributed by atoms with Crippen LogP contribution in [-0.2, 0) is 0 Å². The lowest BCUT2D eigenvalue weighted by Crippen LogP contribution is -2.12. The lowest BCUT2D eigenvalue weighted by Gasteiger charge is -2.09. The number of ether oxygens (including phenoxy) is 1. The summed E-state index contributed by atoms with van der Waals surface area (Å²) < 4.78 is 5.05.